The van der Waals surface area contributed by atoms with Crippen molar-refractivity contribution in [2.24, 2.45) is 0 Å². The number of hydrogen-bond donors (Lipinski definition) is 1. The molecule has 1 N–H and O–H groups in total. The van der Waals surface area contributed by atoms with Crippen LogP contribution >= 0.6 is 0 Å². The number of rotatable bonds is 4. The number of aliphatic hydroxyl groups excluding tert-OH is 1. The van der Waals surface area contributed by atoms with Gasteiger partial charge in [0.05, 0.1) is 6.10 Å². The number of β-amino-alcohol motifs (C(OH)–C–C–N with tert-alkyl or cyclic N) is 1. The predicted octanol–water partition coefficient (Wildman–Crippen LogP) is 1.86. The maximum absolute atomic E-state index is 9.16. The van der Waals surface area contributed by atoms with Gasteiger partial charge in [-0.2, -0.15) is 0 Å². The molecule has 1 aliphatic heterocycles. The normalized spacial score (nSPS) is 19.9. The molecule has 15 heavy (non-hydrogen) atoms. The molecule has 0 aromatic heterocycles. The fourth-order valence-electron chi connectivity index (χ4n) is 2.05. The van der Waals surface area contributed by atoms with Gasteiger partial charge in [0.25, 0.3) is 0 Å². The first-order valence-electron chi connectivity index (χ1n) is 5.71. The van der Waals surface area contributed by atoms with E-state index in [9.17, 15) is 0 Å². The zero-order valence-electron chi connectivity index (χ0n) is 9.26. The molecule has 0 amide bonds. The van der Waals surface area contributed by atoms with Gasteiger partial charge in [-0.3, -0.25) is 4.90 Å². The van der Waals surface area contributed by atoms with Crippen LogP contribution in [0.1, 0.15) is 24.8 Å². The lowest BCUT2D eigenvalue weighted by Crippen LogP contribution is -2.50. The largest absolute Gasteiger partial charge is 0.390 e. The van der Waals surface area contributed by atoms with Crippen LogP contribution in [0.4, 0.5) is 0 Å². The minimum atomic E-state index is -0.0722. The number of aliphatic hydroxyl groups is 1. The van der Waals surface area contributed by atoms with Crippen LogP contribution in [-0.4, -0.2) is 35.7 Å². The second kappa shape index (κ2) is 4.77. The summed E-state index contributed by atoms with van der Waals surface area (Å²) in [5, 5.41) is 9.16. The van der Waals surface area contributed by atoms with Gasteiger partial charge in [-0.15, -0.1) is 0 Å². The molecule has 1 fully saturated rings. The summed E-state index contributed by atoms with van der Waals surface area (Å²) in [4.78, 5) is 2.31. The Morgan fingerprint density at radius 2 is 2.00 bits per heavy atom. The first kappa shape index (κ1) is 10.7. The molecule has 0 spiro atoms. The SMILES string of the molecule is C[C@@H](CCN1CC(O)C1)c1ccccc1. The summed E-state index contributed by atoms with van der Waals surface area (Å²) in [6.45, 7) is 5.10. The standard InChI is InChI=1S/C13H19NO/c1-11(12-5-3-2-4-6-12)7-8-14-9-13(15)10-14/h2-6,11,13,15H,7-10H2,1H3/t11-/m0/s1. The molecule has 1 saturated heterocycles. The zero-order chi connectivity index (χ0) is 10.7. The maximum atomic E-state index is 9.16. The smallest absolute Gasteiger partial charge is 0.0793 e. The summed E-state index contributed by atoms with van der Waals surface area (Å²) < 4.78 is 0. The van der Waals surface area contributed by atoms with E-state index in [4.69, 9.17) is 5.11 Å². The summed E-state index contributed by atoms with van der Waals surface area (Å²) in [6, 6.07) is 10.6. The first-order valence-corrected chi connectivity index (χ1v) is 5.71. The van der Waals surface area contributed by atoms with E-state index >= 15 is 0 Å². The van der Waals surface area contributed by atoms with Gasteiger partial charge in [0, 0.05) is 13.1 Å². The van der Waals surface area contributed by atoms with Gasteiger partial charge in [-0.05, 0) is 24.4 Å². The van der Waals surface area contributed by atoms with Gasteiger partial charge < -0.3 is 5.11 Å². The molecular formula is C13H19NO. The molecular weight excluding hydrogens is 186 g/mol. The van der Waals surface area contributed by atoms with Crippen LogP contribution in [0.2, 0.25) is 0 Å². The highest BCUT2D eigenvalue weighted by Gasteiger charge is 2.23. The van der Waals surface area contributed by atoms with E-state index in [-0.39, 0.29) is 6.10 Å². The monoisotopic (exact) mass is 205 g/mol. The molecule has 1 aromatic rings. The van der Waals surface area contributed by atoms with Crippen molar-refractivity contribution in [2.75, 3.05) is 19.6 Å². The van der Waals surface area contributed by atoms with Crippen molar-refractivity contribution in [3.05, 3.63) is 35.9 Å². The van der Waals surface area contributed by atoms with Gasteiger partial charge in [-0.1, -0.05) is 37.3 Å². The third-order valence-electron chi connectivity index (χ3n) is 3.18. The lowest BCUT2D eigenvalue weighted by molar-refractivity contribution is 0.00100. The number of benzene rings is 1. The molecule has 0 unspecified atom stereocenters. The fraction of sp³-hybridized carbons (Fsp3) is 0.538. The molecule has 2 heteroatoms. The van der Waals surface area contributed by atoms with Crippen LogP contribution in [0.15, 0.2) is 30.3 Å². The predicted molar refractivity (Wildman–Crippen MR) is 61.9 cm³/mol. The minimum Gasteiger partial charge on any atom is -0.390 e. The highest BCUT2D eigenvalue weighted by Crippen LogP contribution is 2.20. The molecule has 1 aliphatic rings. The molecule has 2 nitrogen and oxygen atoms in total. The van der Waals surface area contributed by atoms with Crippen LogP contribution < -0.4 is 0 Å². The molecule has 0 radical (unpaired) electrons. The third-order valence-corrected chi connectivity index (χ3v) is 3.18. The topological polar surface area (TPSA) is 23.5 Å². The summed E-state index contributed by atoms with van der Waals surface area (Å²) in [6.07, 6.45) is 1.11. The lowest BCUT2D eigenvalue weighted by atomic mass is 9.97. The Labute approximate surface area is 91.5 Å². The highest BCUT2D eigenvalue weighted by molar-refractivity contribution is 5.18. The van der Waals surface area contributed by atoms with E-state index in [1.165, 1.54) is 12.0 Å². The third kappa shape index (κ3) is 2.80. The average molecular weight is 205 g/mol. The van der Waals surface area contributed by atoms with E-state index in [0.29, 0.717) is 5.92 Å². The Morgan fingerprint density at radius 1 is 1.33 bits per heavy atom. The van der Waals surface area contributed by atoms with Gasteiger partial charge in [0.15, 0.2) is 0 Å². The van der Waals surface area contributed by atoms with Crippen LogP contribution in [-0.2, 0) is 0 Å². The van der Waals surface area contributed by atoms with Crippen molar-refractivity contribution < 1.29 is 5.11 Å². The Kier molecular flexibility index (Phi) is 3.39. The van der Waals surface area contributed by atoms with Crippen LogP contribution in [0.25, 0.3) is 0 Å². The number of hydrogen-bond acceptors (Lipinski definition) is 2. The summed E-state index contributed by atoms with van der Waals surface area (Å²) >= 11 is 0. The molecule has 0 bridgehead atoms. The van der Waals surface area contributed by atoms with E-state index in [1.807, 2.05) is 0 Å². The van der Waals surface area contributed by atoms with Crippen molar-refractivity contribution in [1.82, 2.24) is 4.90 Å². The van der Waals surface area contributed by atoms with Crippen LogP contribution in [0, 0.1) is 0 Å². The Hall–Kier alpha value is -0.860. The summed E-state index contributed by atoms with van der Waals surface area (Å²) in [7, 11) is 0. The summed E-state index contributed by atoms with van der Waals surface area (Å²) in [5.41, 5.74) is 1.42. The number of nitrogens with zero attached hydrogens (tertiary/aromatic N) is 1. The van der Waals surface area contributed by atoms with Crippen LogP contribution in [0.5, 0.6) is 0 Å². The Morgan fingerprint density at radius 3 is 2.60 bits per heavy atom. The average Bonchev–Trinajstić information content (AvgIpc) is 2.23. The number of likely N-dealkylation sites (tertiary alicyclic amines) is 1. The molecule has 1 atom stereocenters. The molecule has 0 saturated carbocycles. The van der Waals surface area contributed by atoms with Crippen molar-refractivity contribution in [1.29, 1.82) is 0 Å². The second-order valence-electron chi connectivity index (χ2n) is 4.51. The van der Waals surface area contributed by atoms with Crippen molar-refractivity contribution in [3.8, 4) is 0 Å². The van der Waals surface area contributed by atoms with E-state index in [0.717, 1.165) is 19.6 Å². The molecule has 1 aromatic carbocycles. The summed E-state index contributed by atoms with van der Waals surface area (Å²) in [5.74, 6) is 0.615. The van der Waals surface area contributed by atoms with Crippen molar-refractivity contribution in [3.63, 3.8) is 0 Å². The minimum absolute atomic E-state index is 0.0722. The van der Waals surface area contributed by atoms with E-state index < -0.39 is 0 Å². The highest BCUT2D eigenvalue weighted by atomic mass is 16.3. The van der Waals surface area contributed by atoms with Crippen molar-refractivity contribution >= 4 is 0 Å². The molecule has 2 rings (SSSR count). The van der Waals surface area contributed by atoms with Crippen LogP contribution in [0.3, 0.4) is 0 Å². The lowest BCUT2D eigenvalue weighted by Gasteiger charge is -2.36. The van der Waals surface area contributed by atoms with Gasteiger partial charge in [0.2, 0.25) is 0 Å². The maximum Gasteiger partial charge on any atom is 0.0793 e. The molecule has 1 heterocycles. The molecule has 0 aliphatic carbocycles. The van der Waals surface area contributed by atoms with Gasteiger partial charge >= 0.3 is 0 Å². The van der Waals surface area contributed by atoms with E-state index in [1.54, 1.807) is 0 Å². The van der Waals surface area contributed by atoms with Crippen molar-refractivity contribution in [2.45, 2.75) is 25.4 Å². The van der Waals surface area contributed by atoms with E-state index in [2.05, 4.69) is 42.2 Å². The Balaban J connectivity index is 1.75. The van der Waals surface area contributed by atoms with Gasteiger partial charge in [0.1, 0.15) is 0 Å². The Bertz CT molecular complexity index is 293. The fourth-order valence-corrected chi connectivity index (χ4v) is 2.05. The van der Waals surface area contributed by atoms with Gasteiger partial charge in [-0.25, -0.2) is 0 Å². The molecule has 82 valence electrons. The zero-order valence-corrected chi connectivity index (χ0v) is 9.26. The quantitative estimate of drug-likeness (QED) is 0.811. The first-order chi connectivity index (χ1) is 7.25. The second-order valence-corrected chi connectivity index (χ2v) is 4.51.